The average molecular weight is 508 g/mol. The molecule has 1 N–H and O–H groups in total. The Morgan fingerprint density at radius 1 is 1.11 bits per heavy atom. The summed E-state index contributed by atoms with van der Waals surface area (Å²) in [6, 6.07) is 9.83. The van der Waals surface area contributed by atoms with Crippen LogP contribution in [0.25, 0.3) is 22.6 Å². The number of H-pyrrole nitrogens is 1. The monoisotopic (exact) mass is 507 g/mol. The molecule has 0 saturated heterocycles. The molecule has 1 fully saturated rings. The van der Waals surface area contributed by atoms with Gasteiger partial charge in [0, 0.05) is 30.7 Å². The molecule has 0 atom stereocenters. The van der Waals surface area contributed by atoms with Gasteiger partial charge in [-0.1, -0.05) is 17.7 Å². The molecular weight excluding hydrogens is 478 g/mol. The number of halogens is 1. The minimum absolute atomic E-state index is 0.155. The first kappa shape index (κ1) is 24.5. The predicted octanol–water partition coefficient (Wildman–Crippen LogP) is 4.31. The van der Waals surface area contributed by atoms with E-state index >= 15 is 0 Å². The van der Waals surface area contributed by atoms with Gasteiger partial charge >= 0.3 is 5.69 Å². The largest absolute Gasteiger partial charge is 0.490 e. The fraction of sp³-hybridized carbons (Fsp3) is 0.407. The highest BCUT2D eigenvalue weighted by Gasteiger charge is 2.22. The molecule has 8 nitrogen and oxygen atoms in total. The number of benzene rings is 2. The number of nitrogens with one attached hydrogen (secondary N) is 1. The topological polar surface area (TPSA) is 93.1 Å². The van der Waals surface area contributed by atoms with Crippen LogP contribution < -0.4 is 16.0 Å². The molecule has 5 rings (SSSR count). The van der Waals surface area contributed by atoms with Gasteiger partial charge in [-0.3, -0.25) is 9.78 Å². The maximum atomic E-state index is 12.6. The summed E-state index contributed by atoms with van der Waals surface area (Å²) in [6.45, 7) is 5.95. The van der Waals surface area contributed by atoms with Crippen molar-refractivity contribution < 1.29 is 4.74 Å². The summed E-state index contributed by atoms with van der Waals surface area (Å²) in [4.78, 5) is 37.9. The lowest BCUT2D eigenvalue weighted by molar-refractivity contribution is 0.209. The number of nitrogens with zero attached hydrogens (tertiary/aromatic N) is 4. The summed E-state index contributed by atoms with van der Waals surface area (Å²) >= 11 is 6.11. The third-order valence-electron chi connectivity index (χ3n) is 6.95. The quantitative estimate of drug-likeness (QED) is 0.375. The standard InChI is InChI=1S/C27H30ClN5O3/c1-16-12-19(28)9-8-18(16)15-32(3)10-11-33-22-14-23(36-20-6-4-5-7-20)17(2)13-21(22)29-24-25(33)30-27(35)31-26(24)34/h8-9,12-14,20H,4-7,10-11,15H2,1-3H3,(H,31,34,35). The number of aromatic amines is 1. The minimum Gasteiger partial charge on any atom is -0.490 e. The lowest BCUT2D eigenvalue weighted by atomic mass is 10.1. The average Bonchev–Trinajstić information content (AvgIpc) is 3.33. The van der Waals surface area contributed by atoms with Crippen molar-refractivity contribution >= 4 is 22.6 Å². The maximum absolute atomic E-state index is 12.6. The molecular formula is C27H30ClN5O3. The molecule has 3 aliphatic rings. The van der Waals surface area contributed by atoms with Crippen molar-refractivity contribution in [3.8, 4) is 17.3 Å². The van der Waals surface area contributed by atoms with Gasteiger partial charge in [0.05, 0.1) is 17.1 Å². The Labute approximate surface area is 214 Å². The second-order valence-electron chi connectivity index (χ2n) is 9.75. The van der Waals surface area contributed by atoms with Crippen molar-refractivity contribution in [3.05, 3.63) is 72.9 Å². The Bertz CT molecular complexity index is 1510. The molecule has 0 amide bonds. The van der Waals surface area contributed by atoms with Crippen LogP contribution in [0, 0.1) is 13.8 Å². The summed E-state index contributed by atoms with van der Waals surface area (Å²) < 4.78 is 8.26. The van der Waals surface area contributed by atoms with Crippen LogP contribution in [-0.4, -0.2) is 44.1 Å². The molecule has 0 spiro atoms. The normalized spacial score (nSPS) is 14.4. The summed E-state index contributed by atoms with van der Waals surface area (Å²) in [7, 11) is 2.04. The molecule has 0 aromatic heterocycles. The van der Waals surface area contributed by atoms with Crippen LogP contribution in [0.2, 0.25) is 5.02 Å². The van der Waals surface area contributed by atoms with E-state index in [1.54, 1.807) is 0 Å². The molecule has 0 bridgehead atoms. The third-order valence-corrected chi connectivity index (χ3v) is 7.19. The maximum Gasteiger partial charge on any atom is 0.349 e. The number of aromatic nitrogens is 4. The SMILES string of the molecule is Cc1cc(Cl)ccc1CN(C)CCn1c2nc(=O)[nH]c(=O)c-2nc2cc(C)c(OC3CCCC3)cc21. The summed E-state index contributed by atoms with van der Waals surface area (Å²) in [5.41, 5.74) is 3.69. The first-order valence-electron chi connectivity index (χ1n) is 12.3. The van der Waals surface area contributed by atoms with Crippen LogP contribution >= 0.6 is 11.6 Å². The first-order valence-corrected chi connectivity index (χ1v) is 12.7. The summed E-state index contributed by atoms with van der Waals surface area (Å²) in [6.07, 6.45) is 4.69. The Balaban J connectivity index is 1.53. The van der Waals surface area contributed by atoms with Gasteiger partial charge < -0.3 is 14.2 Å². The molecule has 2 aromatic rings. The molecule has 9 heteroatoms. The Hall–Kier alpha value is -3.23. The Morgan fingerprint density at radius 3 is 2.64 bits per heavy atom. The second kappa shape index (κ2) is 10.0. The Kier molecular flexibility index (Phi) is 6.81. The van der Waals surface area contributed by atoms with Crippen molar-refractivity contribution in [2.45, 2.75) is 58.7 Å². The van der Waals surface area contributed by atoms with Gasteiger partial charge in [-0.05, 0) is 81.5 Å². The smallest absolute Gasteiger partial charge is 0.349 e. The van der Waals surface area contributed by atoms with E-state index in [0.717, 1.165) is 46.8 Å². The van der Waals surface area contributed by atoms with Crippen molar-refractivity contribution in [1.82, 2.24) is 24.4 Å². The lowest BCUT2D eigenvalue weighted by Crippen LogP contribution is -2.30. The van der Waals surface area contributed by atoms with Crippen LogP contribution in [-0.2, 0) is 13.1 Å². The van der Waals surface area contributed by atoms with Crippen molar-refractivity contribution in [2.75, 3.05) is 13.6 Å². The molecule has 36 heavy (non-hydrogen) atoms. The molecule has 2 aromatic carbocycles. The van der Waals surface area contributed by atoms with Crippen LogP contribution in [0.4, 0.5) is 0 Å². The van der Waals surface area contributed by atoms with Crippen molar-refractivity contribution in [2.24, 2.45) is 0 Å². The molecule has 188 valence electrons. The molecule has 0 unspecified atom stereocenters. The van der Waals surface area contributed by atoms with Gasteiger partial charge in [-0.2, -0.15) is 4.98 Å². The highest BCUT2D eigenvalue weighted by Crippen LogP contribution is 2.31. The zero-order chi connectivity index (χ0) is 25.4. The second-order valence-corrected chi connectivity index (χ2v) is 10.2. The molecule has 1 saturated carbocycles. The lowest BCUT2D eigenvalue weighted by Gasteiger charge is -2.23. The zero-order valence-corrected chi connectivity index (χ0v) is 21.6. The molecule has 1 aliphatic carbocycles. The summed E-state index contributed by atoms with van der Waals surface area (Å²) in [5, 5.41) is 0.722. The number of aryl methyl sites for hydroxylation is 2. The van der Waals surface area contributed by atoms with E-state index in [2.05, 4.69) is 19.9 Å². The van der Waals surface area contributed by atoms with E-state index in [4.69, 9.17) is 16.3 Å². The number of hydrogen-bond donors (Lipinski definition) is 1. The molecule has 2 heterocycles. The van der Waals surface area contributed by atoms with E-state index in [1.165, 1.54) is 18.4 Å². The van der Waals surface area contributed by atoms with E-state index in [9.17, 15) is 9.59 Å². The van der Waals surface area contributed by atoms with Crippen LogP contribution in [0.15, 0.2) is 39.9 Å². The molecule has 2 aliphatic heterocycles. The van der Waals surface area contributed by atoms with Gasteiger partial charge in [-0.15, -0.1) is 0 Å². The number of fused-ring (bicyclic) bond motifs is 2. The van der Waals surface area contributed by atoms with Crippen molar-refractivity contribution in [3.63, 3.8) is 0 Å². The van der Waals surface area contributed by atoms with Gasteiger partial charge in [0.15, 0.2) is 11.5 Å². The molecule has 0 radical (unpaired) electrons. The highest BCUT2D eigenvalue weighted by atomic mass is 35.5. The van der Waals surface area contributed by atoms with Gasteiger partial charge in [0.25, 0.3) is 5.56 Å². The number of likely N-dealkylation sites (N-methyl/N-ethyl adjacent to an activating group) is 1. The van der Waals surface area contributed by atoms with Gasteiger partial charge in [0.2, 0.25) is 0 Å². The van der Waals surface area contributed by atoms with Gasteiger partial charge in [-0.25, -0.2) is 9.78 Å². The highest BCUT2D eigenvalue weighted by molar-refractivity contribution is 6.30. The van der Waals surface area contributed by atoms with Crippen molar-refractivity contribution in [1.29, 1.82) is 0 Å². The van der Waals surface area contributed by atoms with E-state index in [1.807, 2.05) is 55.8 Å². The minimum atomic E-state index is -0.679. The van der Waals surface area contributed by atoms with Crippen LogP contribution in [0.3, 0.4) is 0 Å². The number of rotatable bonds is 7. The number of ether oxygens (including phenoxy) is 1. The first-order chi connectivity index (χ1) is 17.3. The van der Waals surface area contributed by atoms with Gasteiger partial charge in [0.1, 0.15) is 5.75 Å². The fourth-order valence-electron chi connectivity index (χ4n) is 4.94. The Morgan fingerprint density at radius 2 is 1.89 bits per heavy atom. The van der Waals surface area contributed by atoms with E-state index in [0.29, 0.717) is 18.6 Å². The fourth-order valence-corrected chi connectivity index (χ4v) is 5.17. The third kappa shape index (κ3) is 5.01. The van der Waals surface area contributed by atoms with Crippen LogP contribution in [0.1, 0.15) is 42.4 Å². The predicted molar refractivity (Wildman–Crippen MR) is 141 cm³/mol. The summed E-state index contributed by atoms with van der Waals surface area (Å²) in [5.74, 6) is 1.09. The van der Waals surface area contributed by atoms with Crippen LogP contribution in [0.5, 0.6) is 5.75 Å². The number of hydrogen-bond acceptors (Lipinski definition) is 6. The zero-order valence-electron chi connectivity index (χ0n) is 20.8. The van der Waals surface area contributed by atoms with E-state index < -0.39 is 11.2 Å². The van der Waals surface area contributed by atoms with E-state index in [-0.39, 0.29) is 17.6 Å².